The third kappa shape index (κ3) is 6.67. The quantitative estimate of drug-likeness (QED) is 0.349. The van der Waals surface area contributed by atoms with Gasteiger partial charge in [-0.15, -0.1) is 5.53 Å². The first-order valence-electron chi connectivity index (χ1n) is 14.6. The number of halogens is 4. The Kier molecular flexibility index (Phi) is 8.53. The van der Waals surface area contributed by atoms with E-state index in [2.05, 4.69) is 26.2 Å². The van der Waals surface area contributed by atoms with Crippen LogP contribution in [0.1, 0.15) is 27.0 Å². The standard InChI is InChI=1S/C31H34F4N8O2/c1-20-3-4-23(16-27(20)43-19-26(38-39-43)22-13-24(18-36-17-22)41-9-11-45-12-10-41)37-30(44)21-14-25(31(33,34)35)29(32)28(15-21)42-7-5-40(2)6-8-42/h3-4,13-19,38-39H,5-12H2,1-2H3,(H,37,44). The van der Waals surface area contributed by atoms with E-state index in [1.54, 1.807) is 34.3 Å². The van der Waals surface area contributed by atoms with Gasteiger partial charge in [-0.3, -0.25) is 14.8 Å². The third-order valence-corrected chi connectivity index (χ3v) is 8.17. The summed E-state index contributed by atoms with van der Waals surface area (Å²) in [6, 6.07) is 8.97. The molecule has 14 heteroatoms. The molecule has 238 valence electrons. The molecule has 1 amide bonds. The van der Waals surface area contributed by atoms with Crippen molar-refractivity contribution in [1.82, 2.24) is 20.8 Å². The molecular weight excluding hydrogens is 592 g/mol. The summed E-state index contributed by atoms with van der Waals surface area (Å²) < 4.78 is 62.1. The Morgan fingerprint density at radius 2 is 1.71 bits per heavy atom. The lowest BCUT2D eigenvalue weighted by molar-refractivity contribution is -0.139. The average molecular weight is 627 g/mol. The molecular formula is C31H34F4N8O2. The Hall–Kier alpha value is -4.40. The van der Waals surface area contributed by atoms with Crippen molar-refractivity contribution in [1.29, 1.82) is 0 Å². The highest BCUT2D eigenvalue weighted by Gasteiger charge is 2.37. The minimum atomic E-state index is -4.96. The van der Waals surface area contributed by atoms with Crippen LogP contribution in [0.5, 0.6) is 0 Å². The van der Waals surface area contributed by atoms with E-state index < -0.39 is 23.5 Å². The molecule has 2 fully saturated rings. The Bertz CT molecular complexity index is 1600. The Labute approximate surface area is 258 Å². The molecule has 2 aromatic carbocycles. The fourth-order valence-corrected chi connectivity index (χ4v) is 5.53. The number of likely N-dealkylation sites (N-methyl/N-ethyl adjacent to an activating group) is 1. The number of carbonyl (C=O) groups excluding carboxylic acids is 1. The van der Waals surface area contributed by atoms with Crippen LogP contribution < -0.4 is 31.1 Å². The summed E-state index contributed by atoms with van der Waals surface area (Å²) in [6.45, 7) is 6.60. The van der Waals surface area contributed by atoms with Gasteiger partial charge < -0.3 is 30.2 Å². The lowest BCUT2D eigenvalue weighted by Gasteiger charge is -2.34. The number of pyridine rings is 1. The predicted octanol–water partition coefficient (Wildman–Crippen LogP) is 4.22. The SMILES string of the molecule is Cc1ccc(NC(=O)c2cc(N3CCN(C)CC3)c(F)c(C(F)(F)F)c2)cc1N1C=C(c2cncc(N3CCOCC3)c2)NN1. The van der Waals surface area contributed by atoms with E-state index in [0.717, 1.165) is 35.6 Å². The molecule has 45 heavy (non-hydrogen) atoms. The van der Waals surface area contributed by atoms with E-state index in [-0.39, 0.29) is 11.3 Å². The Balaban J connectivity index is 1.23. The van der Waals surface area contributed by atoms with E-state index >= 15 is 4.39 Å². The van der Waals surface area contributed by atoms with Crippen molar-refractivity contribution in [3.63, 3.8) is 0 Å². The van der Waals surface area contributed by atoms with Crippen molar-refractivity contribution in [3.8, 4) is 0 Å². The summed E-state index contributed by atoms with van der Waals surface area (Å²) in [5, 5.41) is 4.44. The highest BCUT2D eigenvalue weighted by atomic mass is 19.4. The number of ether oxygens (including phenoxy) is 1. The lowest BCUT2D eigenvalue weighted by Crippen LogP contribution is -2.45. The number of benzene rings is 2. The molecule has 3 N–H and O–H groups in total. The normalized spacial score (nSPS) is 17.7. The summed E-state index contributed by atoms with van der Waals surface area (Å²) in [4.78, 5) is 23.5. The van der Waals surface area contributed by atoms with E-state index in [9.17, 15) is 18.0 Å². The van der Waals surface area contributed by atoms with Gasteiger partial charge in [0.25, 0.3) is 5.91 Å². The first-order chi connectivity index (χ1) is 21.6. The molecule has 0 bridgehead atoms. The van der Waals surface area contributed by atoms with Gasteiger partial charge in [-0.2, -0.15) is 13.2 Å². The van der Waals surface area contributed by atoms with Crippen LogP contribution >= 0.6 is 0 Å². The Morgan fingerprint density at radius 1 is 0.956 bits per heavy atom. The second-order valence-electron chi connectivity index (χ2n) is 11.3. The van der Waals surface area contributed by atoms with Crippen LogP contribution in [0.4, 0.5) is 40.3 Å². The first-order valence-corrected chi connectivity index (χ1v) is 14.6. The van der Waals surface area contributed by atoms with Crippen LogP contribution in [0.3, 0.4) is 0 Å². The van der Waals surface area contributed by atoms with Gasteiger partial charge in [0.15, 0.2) is 5.82 Å². The molecule has 1 aromatic heterocycles. The Morgan fingerprint density at radius 3 is 2.44 bits per heavy atom. The van der Waals surface area contributed by atoms with Crippen molar-refractivity contribution in [3.05, 3.63) is 83.1 Å². The van der Waals surface area contributed by atoms with Gasteiger partial charge in [0, 0.05) is 68.5 Å². The number of carbonyl (C=O) groups is 1. The molecule has 0 saturated carbocycles. The minimum absolute atomic E-state index is 0.232. The molecule has 3 aliphatic rings. The van der Waals surface area contributed by atoms with Crippen LogP contribution in [-0.2, 0) is 10.9 Å². The molecule has 4 heterocycles. The molecule has 3 aliphatic heterocycles. The van der Waals surface area contributed by atoms with Gasteiger partial charge in [-0.05, 0) is 49.9 Å². The number of alkyl halides is 3. The molecule has 6 rings (SSSR count). The van der Waals surface area contributed by atoms with Gasteiger partial charge in [0.2, 0.25) is 0 Å². The second-order valence-corrected chi connectivity index (χ2v) is 11.3. The number of aromatic nitrogens is 1. The maximum absolute atomic E-state index is 15.1. The monoisotopic (exact) mass is 626 g/mol. The number of nitrogens with zero attached hydrogens (tertiary/aromatic N) is 5. The van der Waals surface area contributed by atoms with Gasteiger partial charge in [0.05, 0.1) is 47.7 Å². The highest BCUT2D eigenvalue weighted by Crippen LogP contribution is 2.37. The van der Waals surface area contributed by atoms with Gasteiger partial charge in [-0.25, -0.2) is 4.39 Å². The lowest BCUT2D eigenvalue weighted by atomic mass is 10.1. The number of rotatable bonds is 6. The zero-order chi connectivity index (χ0) is 31.7. The maximum Gasteiger partial charge on any atom is 0.419 e. The highest BCUT2D eigenvalue weighted by molar-refractivity contribution is 6.05. The van der Waals surface area contributed by atoms with Crippen LogP contribution in [0, 0.1) is 12.7 Å². The van der Waals surface area contributed by atoms with Gasteiger partial charge in [0.1, 0.15) is 0 Å². The van der Waals surface area contributed by atoms with E-state index in [1.807, 2.05) is 37.3 Å². The van der Waals surface area contributed by atoms with Crippen LogP contribution in [-0.4, -0.2) is 75.3 Å². The molecule has 0 unspecified atom stereocenters. The van der Waals surface area contributed by atoms with Crippen LogP contribution in [0.2, 0.25) is 0 Å². The first kappa shape index (κ1) is 30.6. The van der Waals surface area contributed by atoms with Crippen molar-refractivity contribution in [2.45, 2.75) is 13.1 Å². The van der Waals surface area contributed by atoms with E-state index in [1.165, 1.54) is 6.07 Å². The summed E-state index contributed by atoms with van der Waals surface area (Å²) in [6.07, 6.45) is 0.463. The maximum atomic E-state index is 15.1. The van der Waals surface area contributed by atoms with E-state index in [0.29, 0.717) is 56.8 Å². The topological polar surface area (TPSA) is 88.2 Å². The number of hydrazine groups is 2. The molecule has 0 atom stereocenters. The number of hydrogen-bond donors (Lipinski definition) is 3. The number of amides is 1. The van der Waals surface area contributed by atoms with Crippen molar-refractivity contribution in [2.24, 2.45) is 0 Å². The number of nitrogens with one attached hydrogen (secondary N) is 3. The molecule has 3 aromatic rings. The fraction of sp³-hybridized carbons (Fsp3) is 0.355. The smallest absolute Gasteiger partial charge is 0.378 e. The third-order valence-electron chi connectivity index (χ3n) is 8.17. The minimum Gasteiger partial charge on any atom is -0.378 e. The molecule has 2 saturated heterocycles. The second kappa shape index (κ2) is 12.5. The number of piperazine rings is 1. The molecule has 0 aliphatic carbocycles. The van der Waals surface area contributed by atoms with Crippen molar-refractivity contribution in [2.75, 3.05) is 79.7 Å². The average Bonchev–Trinajstić information content (AvgIpc) is 3.53. The summed E-state index contributed by atoms with van der Waals surface area (Å²) >= 11 is 0. The fourth-order valence-electron chi connectivity index (χ4n) is 5.53. The molecule has 0 spiro atoms. The molecule has 0 radical (unpaired) electrons. The number of hydrogen-bond acceptors (Lipinski definition) is 9. The summed E-state index contributed by atoms with van der Waals surface area (Å²) in [5.41, 5.74) is 8.81. The zero-order valence-corrected chi connectivity index (χ0v) is 24.9. The van der Waals surface area contributed by atoms with Crippen LogP contribution in [0.15, 0.2) is 55.0 Å². The number of morpholine rings is 1. The van der Waals surface area contributed by atoms with Crippen LogP contribution in [0.25, 0.3) is 5.70 Å². The van der Waals surface area contributed by atoms with Gasteiger partial charge >= 0.3 is 6.18 Å². The zero-order valence-electron chi connectivity index (χ0n) is 24.9. The molecule has 10 nitrogen and oxygen atoms in total. The largest absolute Gasteiger partial charge is 0.419 e. The summed E-state index contributed by atoms with van der Waals surface area (Å²) in [7, 11) is 1.89. The van der Waals surface area contributed by atoms with Crippen molar-refractivity contribution < 1.29 is 27.1 Å². The predicted molar refractivity (Wildman–Crippen MR) is 164 cm³/mol. The summed E-state index contributed by atoms with van der Waals surface area (Å²) in [5.74, 6) is -2.15. The van der Waals surface area contributed by atoms with Gasteiger partial charge in [-0.1, -0.05) is 6.07 Å². The van der Waals surface area contributed by atoms with E-state index in [4.69, 9.17) is 4.74 Å². The number of aryl methyl sites for hydroxylation is 1. The van der Waals surface area contributed by atoms with Crippen molar-refractivity contribution >= 4 is 34.4 Å². The number of anilines is 4.